The number of amides is 2. The van der Waals surface area contributed by atoms with Crippen molar-refractivity contribution < 1.29 is 24.4 Å². The highest BCUT2D eigenvalue weighted by Crippen LogP contribution is 2.10. The number of aryl methyl sites for hydroxylation is 1. The van der Waals surface area contributed by atoms with E-state index in [2.05, 4.69) is 10.6 Å². The smallest absolute Gasteiger partial charge is 0.426 e. The van der Waals surface area contributed by atoms with Gasteiger partial charge in [-0.25, -0.2) is 0 Å². The van der Waals surface area contributed by atoms with Gasteiger partial charge < -0.3 is 25.4 Å². The van der Waals surface area contributed by atoms with E-state index in [1.54, 1.807) is 24.3 Å². The van der Waals surface area contributed by atoms with Crippen molar-refractivity contribution in [3.8, 4) is 0 Å². The van der Waals surface area contributed by atoms with Crippen molar-refractivity contribution in [1.29, 1.82) is 0 Å². The van der Waals surface area contributed by atoms with Crippen molar-refractivity contribution in [2.24, 2.45) is 0 Å². The van der Waals surface area contributed by atoms with Gasteiger partial charge in [-0.2, -0.15) is 0 Å². The van der Waals surface area contributed by atoms with E-state index in [0.717, 1.165) is 12.0 Å². The first-order valence-electron chi connectivity index (χ1n) is 9.66. The van der Waals surface area contributed by atoms with Gasteiger partial charge in [-0.05, 0) is 49.1 Å². The number of hydrogen-bond acceptors (Lipinski definition) is 5. The number of nitrogens with one attached hydrogen (secondary N) is 2. The fourth-order valence-electron chi connectivity index (χ4n) is 2.94. The maximum absolute atomic E-state index is 12.7. The van der Waals surface area contributed by atoms with Crippen LogP contribution in [0.4, 0.5) is 0 Å². The lowest BCUT2D eigenvalue weighted by Crippen LogP contribution is -2.55. The SMILES string of the molecule is COCC(NC(=O)c1ccc(Cl)cc1)C(=O)N[C@@H](CCCc1ccccc1)B(O)O. The molecule has 0 saturated heterocycles. The normalized spacial score (nSPS) is 12.7. The first kappa shape index (κ1) is 23.9. The van der Waals surface area contributed by atoms with Gasteiger partial charge >= 0.3 is 7.12 Å². The average Bonchev–Trinajstić information content (AvgIpc) is 2.73. The Morgan fingerprint density at radius 2 is 1.73 bits per heavy atom. The summed E-state index contributed by atoms with van der Waals surface area (Å²) in [6, 6.07) is 15.0. The molecule has 0 aromatic heterocycles. The molecule has 0 aliphatic rings. The van der Waals surface area contributed by atoms with Gasteiger partial charge in [0, 0.05) is 17.7 Å². The van der Waals surface area contributed by atoms with Gasteiger partial charge in [-0.1, -0.05) is 41.9 Å². The van der Waals surface area contributed by atoms with Crippen LogP contribution in [-0.2, 0) is 16.0 Å². The van der Waals surface area contributed by atoms with E-state index in [0.29, 0.717) is 23.4 Å². The van der Waals surface area contributed by atoms with Crippen LogP contribution in [0.1, 0.15) is 28.8 Å². The molecule has 4 N–H and O–H groups in total. The van der Waals surface area contributed by atoms with E-state index in [1.165, 1.54) is 7.11 Å². The number of methoxy groups -OCH3 is 1. The number of rotatable bonds is 11. The van der Waals surface area contributed by atoms with Crippen LogP contribution in [0.5, 0.6) is 0 Å². The number of carbonyl (C=O) groups is 2. The summed E-state index contributed by atoms with van der Waals surface area (Å²) < 4.78 is 5.04. The number of ether oxygens (including phenoxy) is 1. The van der Waals surface area contributed by atoms with Gasteiger partial charge in [0.25, 0.3) is 5.91 Å². The monoisotopic (exact) mass is 432 g/mol. The van der Waals surface area contributed by atoms with Crippen molar-refractivity contribution in [1.82, 2.24) is 10.6 Å². The van der Waals surface area contributed by atoms with Crippen molar-refractivity contribution in [3.05, 3.63) is 70.7 Å². The van der Waals surface area contributed by atoms with Gasteiger partial charge in [-0.3, -0.25) is 9.59 Å². The lowest BCUT2D eigenvalue weighted by Gasteiger charge is -2.23. The summed E-state index contributed by atoms with van der Waals surface area (Å²) in [6.45, 7) is -0.0660. The van der Waals surface area contributed by atoms with Crippen molar-refractivity contribution in [2.45, 2.75) is 31.2 Å². The molecule has 0 aliphatic carbocycles. The Morgan fingerprint density at radius 3 is 2.33 bits per heavy atom. The molecule has 2 aromatic carbocycles. The lowest BCUT2D eigenvalue weighted by atomic mass is 9.76. The number of halogens is 1. The first-order valence-corrected chi connectivity index (χ1v) is 10.0. The van der Waals surface area contributed by atoms with Crippen LogP contribution in [0.2, 0.25) is 5.02 Å². The molecule has 0 saturated carbocycles. The van der Waals surface area contributed by atoms with Crippen LogP contribution in [0.3, 0.4) is 0 Å². The molecular weight excluding hydrogens is 407 g/mol. The molecule has 1 unspecified atom stereocenters. The number of hydrogen-bond donors (Lipinski definition) is 4. The summed E-state index contributed by atoms with van der Waals surface area (Å²) in [7, 11) is -0.313. The maximum atomic E-state index is 12.7. The number of carbonyl (C=O) groups excluding carboxylic acids is 2. The molecule has 7 nitrogen and oxygen atoms in total. The van der Waals surface area contributed by atoms with Crippen LogP contribution >= 0.6 is 11.6 Å². The van der Waals surface area contributed by atoms with Crippen LogP contribution in [0, 0.1) is 0 Å². The second kappa shape index (κ2) is 12.3. The molecule has 0 bridgehead atoms. The molecule has 2 amide bonds. The summed E-state index contributed by atoms with van der Waals surface area (Å²) >= 11 is 5.83. The van der Waals surface area contributed by atoms with E-state index in [9.17, 15) is 19.6 Å². The molecule has 0 aliphatic heterocycles. The topological polar surface area (TPSA) is 108 Å². The average molecular weight is 433 g/mol. The summed E-state index contributed by atoms with van der Waals surface area (Å²) in [5, 5.41) is 25.0. The molecule has 9 heteroatoms. The predicted molar refractivity (Wildman–Crippen MR) is 116 cm³/mol. The van der Waals surface area contributed by atoms with Crippen molar-refractivity contribution in [3.63, 3.8) is 0 Å². The number of benzene rings is 2. The standard InChI is InChI=1S/C21H26BClN2O5/c1-30-14-18(24-20(26)16-10-12-17(23)13-11-16)21(27)25-19(22(28)29)9-5-8-15-6-3-2-4-7-15/h2-4,6-7,10-13,18-19,28-29H,5,8-9,14H2,1H3,(H,24,26)(H,25,27)/t18?,19-/m0/s1. The van der Waals surface area contributed by atoms with Crippen molar-refractivity contribution >= 4 is 30.5 Å². The third-order valence-corrected chi connectivity index (χ3v) is 4.82. The zero-order valence-electron chi connectivity index (χ0n) is 16.8. The van der Waals surface area contributed by atoms with Gasteiger partial charge in [0.15, 0.2) is 0 Å². The highest BCUT2D eigenvalue weighted by Gasteiger charge is 2.29. The van der Waals surface area contributed by atoms with Crippen LogP contribution in [-0.4, -0.2) is 54.7 Å². The summed E-state index contributed by atoms with van der Waals surface area (Å²) in [5.74, 6) is -1.89. The molecule has 0 spiro atoms. The van der Waals surface area contributed by atoms with Gasteiger partial charge in [0.2, 0.25) is 5.91 Å². The summed E-state index contributed by atoms with van der Waals surface area (Å²) in [6.07, 6.45) is 1.76. The lowest BCUT2D eigenvalue weighted by molar-refractivity contribution is -0.124. The van der Waals surface area contributed by atoms with E-state index in [1.807, 2.05) is 30.3 Å². The quantitative estimate of drug-likeness (QED) is 0.403. The van der Waals surface area contributed by atoms with E-state index in [4.69, 9.17) is 16.3 Å². The Morgan fingerprint density at radius 1 is 1.07 bits per heavy atom. The third kappa shape index (κ3) is 7.80. The zero-order chi connectivity index (χ0) is 21.9. The Bertz CT molecular complexity index is 805. The minimum absolute atomic E-state index is 0.0660. The summed E-state index contributed by atoms with van der Waals surface area (Å²) in [5.41, 5.74) is 1.47. The van der Waals surface area contributed by atoms with Crippen molar-refractivity contribution in [2.75, 3.05) is 13.7 Å². The molecule has 2 rings (SSSR count). The zero-order valence-corrected chi connectivity index (χ0v) is 17.5. The van der Waals surface area contributed by atoms with Crippen LogP contribution in [0.15, 0.2) is 54.6 Å². The van der Waals surface area contributed by atoms with Gasteiger partial charge in [0.05, 0.1) is 12.5 Å². The Kier molecular flexibility index (Phi) is 9.83. The van der Waals surface area contributed by atoms with E-state index < -0.39 is 30.9 Å². The van der Waals surface area contributed by atoms with Gasteiger partial charge in [-0.15, -0.1) is 0 Å². The molecule has 0 fully saturated rings. The van der Waals surface area contributed by atoms with Crippen LogP contribution in [0.25, 0.3) is 0 Å². The highest BCUT2D eigenvalue weighted by molar-refractivity contribution is 6.43. The molecule has 2 aromatic rings. The van der Waals surface area contributed by atoms with E-state index in [-0.39, 0.29) is 6.61 Å². The van der Waals surface area contributed by atoms with Gasteiger partial charge in [0.1, 0.15) is 6.04 Å². The molecule has 160 valence electrons. The molecule has 0 radical (unpaired) electrons. The third-order valence-electron chi connectivity index (χ3n) is 4.57. The predicted octanol–water partition coefficient (Wildman–Crippen LogP) is 1.60. The summed E-state index contributed by atoms with van der Waals surface area (Å²) in [4.78, 5) is 25.1. The Labute approximate surface area is 181 Å². The fourth-order valence-corrected chi connectivity index (χ4v) is 3.07. The fraction of sp³-hybridized carbons (Fsp3) is 0.333. The molecule has 0 heterocycles. The molecular formula is C21H26BClN2O5. The molecule has 30 heavy (non-hydrogen) atoms. The minimum Gasteiger partial charge on any atom is -0.426 e. The Balaban J connectivity index is 1.94. The van der Waals surface area contributed by atoms with E-state index >= 15 is 0 Å². The first-order chi connectivity index (χ1) is 14.4. The Hall–Kier alpha value is -2.39. The maximum Gasteiger partial charge on any atom is 0.475 e. The highest BCUT2D eigenvalue weighted by atomic mass is 35.5. The minimum atomic E-state index is -1.72. The largest absolute Gasteiger partial charge is 0.475 e. The second-order valence-corrected chi connectivity index (χ2v) is 7.33. The van der Waals surface area contributed by atoms with Crippen LogP contribution < -0.4 is 10.6 Å². The second-order valence-electron chi connectivity index (χ2n) is 6.89. The molecule has 2 atom stereocenters.